The number of carbonyl (C=O) groups is 2. The molecule has 9 heteroatoms. The molecule has 1 aromatic carbocycles. The number of hydrogen-bond acceptors (Lipinski definition) is 4. The molecule has 7 nitrogen and oxygen atoms in total. The summed E-state index contributed by atoms with van der Waals surface area (Å²) in [6.45, 7) is -0.353. The highest BCUT2D eigenvalue weighted by Gasteiger charge is 2.25. The summed E-state index contributed by atoms with van der Waals surface area (Å²) in [4.78, 5) is 36.4. The Morgan fingerprint density at radius 3 is 2.68 bits per heavy atom. The third-order valence-corrected chi connectivity index (χ3v) is 4.34. The van der Waals surface area contributed by atoms with Gasteiger partial charge in [-0.15, -0.1) is 0 Å². The Balaban J connectivity index is 1.74. The number of amides is 2. The summed E-state index contributed by atoms with van der Waals surface area (Å²) in [6, 6.07) is 6.85. The van der Waals surface area contributed by atoms with Gasteiger partial charge in [0.25, 0.3) is 11.5 Å². The van der Waals surface area contributed by atoms with Crippen LogP contribution in [0.25, 0.3) is 0 Å². The normalized spacial score (nSPS) is 13.4. The van der Waals surface area contributed by atoms with Crippen LogP contribution >= 0.6 is 23.2 Å². The van der Waals surface area contributed by atoms with E-state index in [-0.39, 0.29) is 28.5 Å². The van der Waals surface area contributed by atoms with Crippen LogP contribution in [0.1, 0.15) is 23.2 Å². The van der Waals surface area contributed by atoms with E-state index in [0.717, 1.165) is 17.5 Å². The van der Waals surface area contributed by atoms with E-state index in [1.54, 1.807) is 24.3 Å². The van der Waals surface area contributed by atoms with E-state index in [9.17, 15) is 14.4 Å². The minimum atomic E-state index is -0.663. The fraction of sp³-hybridized carbons (Fsp3) is 0.250. The molecule has 1 heterocycles. The van der Waals surface area contributed by atoms with Crippen molar-refractivity contribution in [2.24, 2.45) is 0 Å². The van der Waals surface area contributed by atoms with E-state index in [4.69, 9.17) is 23.2 Å². The third-order valence-electron chi connectivity index (χ3n) is 3.59. The summed E-state index contributed by atoms with van der Waals surface area (Å²) in [7, 11) is 0. The van der Waals surface area contributed by atoms with Crippen molar-refractivity contribution in [1.82, 2.24) is 15.1 Å². The van der Waals surface area contributed by atoms with Crippen molar-refractivity contribution in [3.05, 3.63) is 56.4 Å². The second kappa shape index (κ2) is 7.25. The van der Waals surface area contributed by atoms with Crippen molar-refractivity contribution in [2.45, 2.75) is 25.4 Å². The molecule has 1 fully saturated rings. The zero-order valence-corrected chi connectivity index (χ0v) is 14.5. The number of nitrogens with one attached hydrogen (secondary N) is 2. The molecule has 1 aromatic heterocycles. The lowest BCUT2D eigenvalue weighted by Gasteiger charge is -2.11. The van der Waals surface area contributed by atoms with Crippen molar-refractivity contribution >= 4 is 40.7 Å². The molecule has 1 saturated carbocycles. The van der Waals surface area contributed by atoms with E-state index in [2.05, 4.69) is 15.7 Å². The molecule has 25 heavy (non-hydrogen) atoms. The van der Waals surface area contributed by atoms with Crippen molar-refractivity contribution in [2.75, 3.05) is 5.32 Å². The zero-order chi connectivity index (χ0) is 18.0. The predicted octanol–water partition coefficient (Wildman–Crippen LogP) is 2.08. The Bertz CT molecular complexity index is 893. The Labute approximate surface area is 152 Å². The van der Waals surface area contributed by atoms with Gasteiger partial charge in [0.1, 0.15) is 11.6 Å². The molecule has 0 aliphatic heterocycles. The van der Waals surface area contributed by atoms with Gasteiger partial charge in [-0.25, -0.2) is 4.68 Å². The van der Waals surface area contributed by atoms with Crippen LogP contribution in [0, 0.1) is 0 Å². The quantitative estimate of drug-likeness (QED) is 0.830. The number of aromatic nitrogens is 2. The Hall–Kier alpha value is -2.38. The molecule has 0 atom stereocenters. The molecule has 1 aliphatic carbocycles. The number of halogens is 2. The molecule has 2 amide bonds. The third kappa shape index (κ3) is 4.18. The molecular formula is C16H14Cl2N4O3. The first-order valence-electron chi connectivity index (χ1n) is 7.56. The summed E-state index contributed by atoms with van der Waals surface area (Å²) in [5.41, 5.74) is 0.0556. The van der Waals surface area contributed by atoms with Crippen molar-refractivity contribution in [3.63, 3.8) is 0 Å². The number of para-hydroxylation sites is 1. The molecule has 2 aromatic rings. The summed E-state index contributed by atoms with van der Waals surface area (Å²) in [5, 5.41) is 9.08. The average Bonchev–Trinajstić information content (AvgIpc) is 3.40. The molecule has 0 radical (unpaired) electrons. The van der Waals surface area contributed by atoms with Gasteiger partial charge in [0.2, 0.25) is 5.91 Å². The Morgan fingerprint density at radius 2 is 1.96 bits per heavy atom. The molecular weight excluding hydrogens is 367 g/mol. The summed E-state index contributed by atoms with van der Waals surface area (Å²) >= 11 is 11.5. The number of rotatable bonds is 5. The van der Waals surface area contributed by atoms with Crippen LogP contribution in [0.4, 0.5) is 5.69 Å². The van der Waals surface area contributed by atoms with Gasteiger partial charge < -0.3 is 10.6 Å². The van der Waals surface area contributed by atoms with Crippen LogP contribution < -0.4 is 16.2 Å². The SMILES string of the molecule is O=C(Cn1ncc(Cl)c(Cl)c1=O)Nc1ccccc1C(=O)NC1CC1. The largest absolute Gasteiger partial charge is 0.349 e. The maximum Gasteiger partial charge on any atom is 0.287 e. The smallest absolute Gasteiger partial charge is 0.287 e. The maximum atomic E-state index is 12.2. The molecule has 0 spiro atoms. The molecule has 3 rings (SSSR count). The first-order chi connectivity index (χ1) is 12.0. The van der Waals surface area contributed by atoms with Gasteiger partial charge in [0, 0.05) is 6.04 Å². The van der Waals surface area contributed by atoms with Crippen LogP contribution in [-0.2, 0) is 11.3 Å². The van der Waals surface area contributed by atoms with E-state index < -0.39 is 11.5 Å². The average molecular weight is 381 g/mol. The van der Waals surface area contributed by atoms with Gasteiger partial charge in [-0.2, -0.15) is 5.10 Å². The van der Waals surface area contributed by atoms with Gasteiger partial charge >= 0.3 is 0 Å². The van der Waals surface area contributed by atoms with Gasteiger partial charge in [-0.05, 0) is 25.0 Å². The molecule has 0 bridgehead atoms. The fourth-order valence-corrected chi connectivity index (χ4v) is 2.44. The van der Waals surface area contributed by atoms with Gasteiger partial charge in [-0.3, -0.25) is 14.4 Å². The first-order valence-corrected chi connectivity index (χ1v) is 8.32. The lowest BCUT2D eigenvalue weighted by atomic mass is 10.1. The molecule has 1 aliphatic rings. The van der Waals surface area contributed by atoms with Crippen LogP contribution in [0.3, 0.4) is 0 Å². The van der Waals surface area contributed by atoms with E-state index in [1.165, 1.54) is 6.20 Å². The molecule has 0 saturated heterocycles. The number of carbonyl (C=O) groups excluding carboxylic acids is 2. The minimum absolute atomic E-state index is 0.0189. The predicted molar refractivity (Wildman–Crippen MR) is 94.1 cm³/mol. The minimum Gasteiger partial charge on any atom is -0.349 e. The van der Waals surface area contributed by atoms with Crippen molar-refractivity contribution < 1.29 is 9.59 Å². The van der Waals surface area contributed by atoms with Crippen LogP contribution in [0.15, 0.2) is 35.3 Å². The Morgan fingerprint density at radius 1 is 1.24 bits per heavy atom. The second-order valence-electron chi connectivity index (χ2n) is 5.61. The van der Waals surface area contributed by atoms with Crippen LogP contribution in [-0.4, -0.2) is 27.6 Å². The van der Waals surface area contributed by atoms with Crippen molar-refractivity contribution in [1.29, 1.82) is 0 Å². The van der Waals surface area contributed by atoms with Gasteiger partial charge in [0.05, 0.1) is 22.5 Å². The summed E-state index contributed by atoms with van der Waals surface area (Å²) in [6.07, 6.45) is 3.12. The lowest BCUT2D eigenvalue weighted by molar-refractivity contribution is -0.117. The van der Waals surface area contributed by atoms with E-state index >= 15 is 0 Å². The topological polar surface area (TPSA) is 93.1 Å². The maximum absolute atomic E-state index is 12.2. The zero-order valence-electron chi connectivity index (χ0n) is 13.0. The highest BCUT2D eigenvalue weighted by molar-refractivity contribution is 6.41. The van der Waals surface area contributed by atoms with Gasteiger partial charge in [-0.1, -0.05) is 35.3 Å². The van der Waals surface area contributed by atoms with Gasteiger partial charge in [0.15, 0.2) is 0 Å². The first kappa shape index (κ1) is 17.4. The second-order valence-corrected chi connectivity index (χ2v) is 6.40. The van der Waals surface area contributed by atoms with Crippen LogP contribution in [0.5, 0.6) is 0 Å². The standard InChI is InChI=1S/C16H14Cl2N4O3/c17-11-7-19-22(16(25)14(11)18)8-13(23)21-12-4-2-1-3-10(12)15(24)20-9-5-6-9/h1-4,7,9H,5-6,8H2,(H,20,24)(H,21,23). The number of hydrogen-bond donors (Lipinski definition) is 2. The Kier molecular flexibility index (Phi) is 5.06. The monoisotopic (exact) mass is 380 g/mol. The molecule has 0 unspecified atom stereocenters. The highest BCUT2D eigenvalue weighted by atomic mass is 35.5. The van der Waals surface area contributed by atoms with E-state index in [1.807, 2.05) is 0 Å². The fourth-order valence-electron chi connectivity index (χ4n) is 2.16. The number of benzene rings is 1. The van der Waals surface area contributed by atoms with Crippen molar-refractivity contribution in [3.8, 4) is 0 Å². The molecule has 130 valence electrons. The van der Waals surface area contributed by atoms with Crippen LogP contribution in [0.2, 0.25) is 10.0 Å². The highest BCUT2D eigenvalue weighted by Crippen LogP contribution is 2.21. The molecule has 2 N–H and O–H groups in total. The number of nitrogens with zero attached hydrogens (tertiary/aromatic N) is 2. The van der Waals surface area contributed by atoms with E-state index in [0.29, 0.717) is 11.3 Å². The lowest BCUT2D eigenvalue weighted by Crippen LogP contribution is -2.31. The summed E-state index contributed by atoms with van der Waals surface area (Å²) < 4.78 is 0.899. The summed E-state index contributed by atoms with van der Waals surface area (Å²) in [5.74, 6) is -0.761. The number of anilines is 1.